The van der Waals surface area contributed by atoms with Gasteiger partial charge in [0.1, 0.15) is 0 Å². The maximum Gasteiger partial charge on any atom is 0.255 e. The molecule has 3 heterocycles. The molecule has 0 aromatic heterocycles. The Morgan fingerprint density at radius 2 is 1.88 bits per heavy atom. The van der Waals surface area contributed by atoms with E-state index in [0.717, 1.165) is 23.6 Å². The molecule has 5 heteroatoms. The third kappa shape index (κ3) is 2.14. The second kappa shape index (κ2) is 5.36. The number of nitrogens with two attached hydrogens (primary N) is 1. The van der Waals surface area contributed by atoms with Crippen molar-refractivity contribution in [2.24, 2.45) is 0 Å². The van der Waals surface area contributed by atoms with Crippen molar-refractivity contribution in [1.82, 2.24) is 9.80 Å². The fourth-order valence-corrected chi connectivity index (χ4v) is 5.40. The topological polar surface area (TPSA) is 49.6 Å². The standard InChI is InChI=1S/C20H22ClN3O/c1-23-12-5-6-13(23)8-14(7-12)24-10-11-3-2-4-15-18(11)16(20(24)25)9-17(21)19(15)22/h2-4,9,12-14H,5-8,10,22H2,1H3. The van der Waals surface area contributed by atoms with Crippen LogP contribution in [0.4, 0.5) is 5.69 Å². The number of piperidine rings is 1. The number of anilines is 1. The van der Waals surface area contributed by atoms with Crippen LogP contribution in [0.3, 0.4) is 0 Å². The second-order valence-electron chi connectivity index (χ2n) is 7.77. The van der Waals surface area contributed by atoms with E-state index in [1.165, 1.54) is 18.4 Å². The van der Waals surface area contributed by atoms with Gasteiger partial charge >= 0.3 is 0 Å². The average molecular weight is 356 g/mol. The Morgan fingerprint density at radius 1 is 1.16 bits per heavy atom. The summed E-state index contributed by atoms with van der Waals surface area (Å²) in [6.45, 7) is 0.679. The number of hydrogen-bond acceptors (Lipinski definition) is 3. The van der Waals surface area contributed by atoms with Crippen LogP contribution in [0, 0.1) is 0 Å². The maximum atomic E-state index is 13.3. The molecular formula is C20H22ClN3O. The first-order chi connectivity index (χ1) is 12.0. The molecule has 25 heavy (non-hydrogen) atoms. The van der Waals surface area contributed by atoms with E-state index in [0.29, 0.717) is 40.9 Å². The minimum absolute atomic E-state index is 0.111. The zero-order valence-corrected chi connectivity index (χ0v) is 15.1. The number of amides is 1. The van der Waals surface area contributed by atoms with Gasteiger partial charge < -0.3 is 15.5 Å². The smallest absolute Gasteiger partial charge is 0.255 e. The molecule has 3 aliphatic rings. The third-order valence-electron chi connectivity index (χ3n) is 6.58. The number of benzene rings is 2. The van der Waals surface area contributed by atoms with Gasteiger partial charge in [-0.15, -0.1) is 0 Å². The van der Waals surface area contributed by atoms with Crippen LogP contribution < -0.4 is 5.73 Å². The van der Waals surface area contributed by atoms with Gasteiger partial charge in [-0.25, -0.2) is 0 Å². The molecule has 2 aromatic carbocycles. The van der Waals surface area contributed by atoms with Crippen molar-refractivity contribution in [1.29, 1.82) is 0 Å². The van der Waals surface area contributed by atoms with Gasteiger partial charge in [0.15, 0.2) is 0 Å². The molecule has 2 bridgehead atoms. The molecule has 1 amide bonds. The number of nitrogens with zero attached hydrogens (tertiary/aromatic N) is 2. The molecule has 0 saturated carbocycles. The maximum absolute atomic E-state index is 13.3. The molecule has 2 unspecified atom stereocenters. The van der Waals surface area contributed by atoms with Crippen molar-refractivity contribution in [2.45, 2.75) is 50.4 Å². The van der Waals surface area contributed by atoms with Gasteiger partial charge in [0.25, 0.3) is 5.91 Å². The van der Waals surface area contributed by atoms with Crippen molar-refractivity contribution in [3.05, 3.63) is 40.4 Å². The van der Waals surface area contributed by atoms with E-state index < -0.39 is 0 Å². The van der Waals surface area contributed by atoms with E-state index in [1.807, 2.05) is 12.1 Å². The summed E-state index contributed by atoms with van der Waals surface area (Å²) in [6.07, 6.45) is 4.67. The Balaban J connectivity index is 1.58. The van der Waals surface area contributed by atoms with Gasteiger partial charge in [-0.1, -0.05) is 29.8 Å². The van der Waals surface area contributed by atoms with Crippen LogP contribution in [0.15, 0.2) is 24.3 Å². The zero-order valence-electron chi connectivity index (χ0n) is 14.3. The number of nitrogen functional groups attached to an aromatic ring is 1. The van der Waals surface area contributed by atoms with Gasteiger partial charge in [0, 0.05) is 41.0 Å². The second-order valence-corrected chi connectivity index (χ2v) is 8.18. The Hall–Kier alpha value is -1.78. The molecule has 2 N–H and O–H groups in total. The van der Waals surface area contributed by atoms with Gasteiger partial charge in [-0.2, -0.15) is 0 Å². The van der Waals surface area contributed by atoms with E-state index >= 15 is 0 Å². The quantitative estimate of drug-likeness (QED) is 0.794. The Morgan fingerprint density at radius 3 is 2.60 bits per heavy atom. The third-order valence-corrected chi connectivity index (χ3v) is 6.90. The largest absolute Gasteiger partial charge is 0.397 e. The first-order valence-corrected chi connectivity index (χ1v) is 9.45. The predicted octanol–water partition coefficient (Wildman–Crippen LogP) is 3.66. The number of carbonyl (C=O) groups excluding carboxylic acids is 1. The number of rotatable bonds is 1. The Kier molecular flexibility index (Phi) is 3.32. The van der Waals surface area contributed by atoms with Gasteiger partial charge in [-0.05, 0) is 44.4 Å². The van der Waals surface area contributed by atoms with Crippen LogP contribution in [0.1, 0.15) is 41.6 Å². The SMILES string of the molecule is CN1C2CCC1CC(N1Cc3cccc4c(N)c(Cl)cc(c34)C1=O)C2. The van der Waals surface area contributed by atoms with Crippen LogP contribution in [0.5, 0.6) is 0 Å². The molecule has 0 spiro atoms. The van der Waals surface area contributed by atoms with Gasteiger partial charge in [0.2, 0.25) is 0 Å². The highest BCUT2D eigenvalue weighted by atomic mass is 35.5. The first kappa shape index (κ1) is 15.5. The summed E-state index contributed by atoms with van der Waals surface area (Å²) in [7, 11) is 2.23. The fourth-order valence-electron chi connectivity index (χ4n) is 5.19. The van der Waals surface area contributed by atoms with E-state index in [-0.39, 0.29) is 5.91 Å². The lowest BCUT2D eigenvalue weighted by Crippen LogP contribution is -2.51. The van der Waals surface area contributed by atoms with Crippen LogP contribution in [0.25, 0.3) is 10.8 Å². The van der Waals surface area contributed by atoms with Crippen LogP contribution in [0.2, 0.25) is 5.02 Å². The summed E-state index contributed by atoms with van der Waals surface area (Å²) in [5, 5.41) is 2.36. The molecule has 0 radical (unpaired) electrons. The summed E-state index contributed by atoms with van der Waals surface area (Å²) in [5.41, 5.74) is 8.62. The van der Waals surface area contributed by atoms with Crippen molar-refractivity contribution in [3.8, 4) is 0 Å². The molecule has 2 saturated heterocycles. The summed E-state index contributed by atoms with van der Waals surface area (Å²) >= 11 is 6.32. The predicted molar refractivity (Wildman–Crippen MR) is 101 cm³/mol. The van der Waals surface area contributed by atoms with E-state index in [9.17, 15) is 4.79 Å². The Bertz CT molecular complexity index is 882. The van der Waals surface area contributed by atoms with Crippen LogP contribution in [-0.4, -0.2) is 40.9 Å². The van der Waals surface area contributed by atoms with Crippen molar-refractivity contribution < 1.29 is 4.79 Å². The van der Waals surface area contributed by atoms with E-state index in [4.69, 9.17) is 17.3 Å². The van der Waals surface area contributed by atoms with E-state index in [1.54, 1.807) is 6.07 Å². The normalized spacial score (nSPS) is 28.8. The average Bonchev–Trinajstić information content (AvgIpc) is 2.83. The highest BCUT2D eigenvalue weighted by Gasteiger charge is 2.42. The minimum atomic E-state index is 0.111. The molecular weight excluding hydrogens is 334 g/mol. The fraction of sp³-hybridized carbons (Fsp3) is 0.450. The molecule has 4 nitrogen and oxygen atoms in total. The Labute approximate surface area is 152 Å². The number of fused-ring (bicyclic) bond motifs is 2. The lowest BCUT2D eigenvalue weighted by Gasteiger charge is -2.43. The molecule has 2 fully saturated rings. The molecule has 2 atom stereocenters. The minimum Gasteiger partial charge on any atom is -0.397 e. The molecule has 3 aliphatic heterocycles. The highest BCUT2D eigenvalue weighted by Crippen LogP contribution is 2.41. The highest BCUT2D eigenvalue weighted by molar-refractivity contribution is 6.36. The lowest BCUT2D eigenvalue weighted by molar-refractivity contribution is 0.0452. The number of carbonyl (C=O) groups is 1. The summed E-state index contributed by atoms with van der Waals surface area (Å²) < 4.78 is 0. The number of hydrogen-bond donors (Lipinski definition) is 1. The molecule has 130 valence electrons. The van der Waals surface area contributed by atoms with Gasteiger partial charge in [-0.3, -0.25) is 4.79 Å². The molecule has 2 aromatic rings. The van der Waals surface area contributed by atoms with Gasteiger partial charge in [0.05, 0.1) is 10.7 Å². The lowest BCUT2D eigenvalue weighted by atomic mass is 9.89. The summed E-state index contributed by atoms with van der Waals surface area (Å²) in [5.74, 6) is 0.111. The van der Waals surface area contributed by atoms with Crippen LogP contribution in [-0.2, 0) is 6.54 Å². The summed E-state index contributed by atoms with van der Waals surface area (Å²) in [4.78, 5) is 17.9. The monoisotopic (exact) mass is 355 g/mol. The first-order valence-electron chi connectivity index (χ1n) is 9.07. The van der Waals surface area contributed by atoms with E-state index in [2.05, 4.69) is 22.9 Å². The van der Waals surface area contributed by atoms with Crippen molar-refractivity contribution >= 4 is 34.0 Å². The molecule has 5 rings (SSSR count). The van der Waals surface area contributed by atoms with Crippen molar-refractivity contribution in [2.75, 3.05) is 12.8 Å². The van der Waals surface area contributed by atoms with Crippen molar-refractivity contribution in [3.63, 3.8) is 0 Å². The molecule has 0 aliphatic carbocycles. The van der Waals surface area contributed by atoms with Crippen LogP contribution >= 0.6 is 11.6 Å². The number of halogens is 1. The summed E-state index contributed by atoms with van der Waals surface area (Å²) in [6, 6.07) is 9.40. The zero-order chi connectivity index (χ0) is 17.3.